The van der Waals surface area contributed by atoms with Crippen LogP contribution in [-0.2, 0) is 5.54 Å². The molecule has 0 saturated carbocycles. The number of benzene rings is 2. The highest BCUT2D eigenvalue weighted by Gasteiger charge is 2.48. The van der Waals surface area contributed by atoms with Gasteiger partial charge in [0.15, 0.2) is 5.54 Å². The minimum atomic E-state index is -1.08. The van der Waals surface area contributed by atoms with Crippen molar-refractivity contribution in [1.29, 1.82) is 5.26 Å². The molecule has 1 atom stereocenters. The van der Waals surface area contributed by atoms with Gasteiger partial charge in [-0.15, -0.1) is 0 Å². The molecule has 126 valence electrons. The molecule has 0 bridgehead atoms. The zero-order valence-electron chi connectivity index (χ0n) is 14.5. The first-order chi connectivity index (χ1) is 11.9. The molecule has 0 saturated heterocycles. The Bertz CT molecular complexity index is 910. The van der Waals surface area contributed by atoms with Gasteiger partial charge >= 0.3 is 0 Å². The molecule has 0 spiro atoms. The van der Waals surface area contributed by atoms with Gasteiger partial charge in [-0.05, 0) is 42.2 Å². The summed E-state index contributed by atoms with van der Waals surface area (Å²) in [4.78, 5) is 15.0. The predicted octanol–water partition coefficient (Wildman–Crippen LogP) is 5.23. The molecule has 2 aromatic carbocycles. The third-order valence-electron chi connectivity index (χ3n) is 4.75. The average molecular weight is 351 g/mol. The van der Waals surface area contributed by atoms with Crippen molar-refractivity contribution in [3.63, 3.8) is 0 Å². The van der Waals surface area contributed by atoms with Gasteiger partial charge < -0.3 is 0 Å². The highest BCUT2D eigenvalue weighted by molar-refractivity contribution is 6.33. The molecule has 2 aromatic rings. The van der Waals surface area contributed by atoms with E-state index < -0.39 is 5.54 Å². The minimum absolute atomic E-state index is 0.103. The van der Waals surface area contributed by atoms with Crippen LogP contribution >= 0.6 is 11.6 Å². The van der Waals surface area contributed by atoms with E-state index in [0.717, 1.165) is 16.8 Å². The second-order valence-electron chi connectivity index (χ2n) is 6.53. The average Bonchev–Trinajstić information content (AvgIpc) is 2.60. The van der Waals surface area contributed by atoms with Crippen molar-refractivity contribution < 1.29 is 4.79 Å². The van der Waals surface area contributed by atoms with Crippen LogP contribution in [0.4, 0.5) is 0 Å². The Kier molecular flexibility index (Phi) is 4.41. The summed E-state index contributed by atoms with van der Waals surface area (Å²) in [5, 5.41) is 10.6. The third-order valence-corrected chi connectivity index (χ3v) is 5.08. The van der Waals surface area contributed by atoms with Crippen molar-refractivity contribution in [2.45, 2.75) is 26.3 Å². The van der Waals surface area contributed by atoms with E-state index in [1.165, 1.54) is 0 Å². The summed E-state index contributed by atoms with van der Waals surface area (Å²) < 4.78 is 0. The molecule has 4 heteroatoms. The molecule has 1 aliphatic rings. The molecule has 0 aromatic heterocycles. The zero-order valence-corrected chi connectivity index (χ0v) is 15.2. The number of amides is 1. The molecule has 3 nitrogen and oxygen atoms in total. The van der Waals surface area contributed by atoms with Gasteiger partial charge in [0.05, 0.1) is 16.7 Å². The number of hydrogen-bond acceptors (Lipinski definition) is 2. The minimum Gasteiger partial charge on any atom is -0.289 e. The Morgan fingerprint density at radius 3 is 2.44 bits per heavy atom. The van der Waals surface area contributed by atoms with Crippen LogP contribution in [0.1, 0.15) is 42.3 Å². The van der Waals surface area contributed by atoms with E-state index in [4.69, 9.17) is 11.6 Å². The molecule has 0 aliphatic carbocycles. The first-order valence-electron chi connectivity index (χ1n) is 8.21. The summed E-state index contributed by atoms with van der Waals surface area (Å²) in [5.74, 6) is -0.363. The summed E-state index contributed by atoms with van der Waals surface area (Å²) >= 11 is 6.25. The SMILES string of the molecule is CC1=Cc2ccccc2C(C#N)(C(C)C)N1C(=O)c1ccccc1Cl. The van der Waals surface area contributed by atoms with Crippen LogP contribution in [0.3, 0.4) is 0 Å². The van der Waals surface area contributed by atoms with E-state index in [-0.39, 0.29) is 11.8 Å². The fourth-order valence-electron chi connectivity index (χ4n) is 3.54. The highest BCUT2D eigenvalue weighted by atomic mass is 35.5. The van der Waals surface area contributed by atoms with Gasteiger partial charge in [0.1, 0.15) is 0 Å². The standard InChI is InChI=1S/C21H19ClN2O/c1-14(2)21(13-23)18-10-6-4-8-16(18)12-15(3)24(21)20(25)17-9-5-7-11-19(17)22/h4-12,14H,1-3H3. The van der Waals surface area contributed by atoms with Gasteiger partial charge in [-0.25, -0.2) is 0 Å². The van der Waals surface area contributed by atoms with Crippen molar-refractivity contribution in [2.75, 3.05) is 0 Å². The molecule has 0 fully saturated rings. The van der Waals surface area contributed by atoms with E-state index >= 15 is 0 Å². The molecule has 25 heavy (non-hydrogen) atoms. The number of fused-ring (bicyclic) bond motifs is 1. The maximum absolute atomic E-state index is 13.4. The summed E-state index contributed by atoms with van der Waals surface area (Å²) in [5.41, 5.74) is 1.87. The Morgan fingerprint density at radius 2 is 1.80 bits per heavy atom. The number of hydrogen-bond donors (Lipinski definition) is 0. The first-order valence-corrected chi connectivity index (χ1v) is 8.59. The smallest absolute Gasteiger partial charge is 0.261 e. The first kappa shape index (κ1) is 17.3. The normalized spacial score (nSPS) is 19.2. The number of nitriles is 1. The van der Waals surface area contributed by atoms with Crippen LogP contribution in [-0.4, -0.2) is 10.8 Å². The van der Waals surface area contributed by atoms with Crippen LogP contribution in [0.15, 0.2) is 54.2 Å². The van der Waals surface area contributed by atoms with Crippen molar-refractivity contribution in [2.24, 2.45) is 5.92 Å². The third kappa shape index (κ3) is 2.54. The lowest BCUT2D eigenvalue weighted by Crippen LogP contribution is -2.52. The van der Waals surface area contributed by atoms with Crippen LogP contribution < -0.4 is 0 Å². The van der Waals surface area contributed by atoms with Crippen LogP contribution in [0.2, 0.25) is 5.02 Å². The van der Waals surface area contributed by atoms with Crippen LogP contribution in [0.5, 0.6) is 0 Å². The van der Waals surface area contributed by atoms with E-state index in [2.05, 4.69) is 6.07 Å². The number of rotatable bonds is 2. The van der Waals surface area contributed by atoms with Gasteiger partial charge in [0.25, 0.3) is 5.91 Å². The Balaban J connectivity index is 2.27. The molecule has 0 radical (unpaired) electrons. The predicted molar refractivity (Wildman–Crippen MR) is 99.8 cm³/mol. The zero-order chi connectivity index (χ0) is 18.2. The fourth-order valence-corrected chi connectivity index (χ4v) is 3.76. The molecule has 1 amide bonds. The fraction of sp³-hybridized carbons (Fsp3) is 0.238. The summed E-state index contributed by atoms with van der Waals surface area (Å²) in [6.45, 7) is 5.79. The molecular formula is C21H19ClN2O. The second kappa shape index (κ2) is 6.38. The molecule has 1 unspecified atom stereocenters. The summed E-state index contributed by atoms with van der Waals surface area (Å²) in [6, 6.07) is 17.1. The molecular weight excluding hydrogens is 332 g/mol. The maximum atomic E-state index is 13.4. The van der Waals surface area contributed by atoms with Gasteiger partial charge in [-0.1, -0.05) is 61.8 Å². The van der Waals surface area contributed by atoms with Crippen molar-refractivity contribution in [1.82, 2.24) is 4.90 Å². The maximum Gasteiger partial charge on any atom is 0.261 e. The highest BCUT2D eigenvalue weighted by Crippen LogP contribution is 2.45. The Morgan fingerprint density at radius 1 is 1.16 bits per heavy atom. The topological polar surface area (TPSA) is 44.1 Å². The van der Waals surface area contributed by atoms with Crippen LogP contribution in [0.25, 0.3) is 6.08 Å². The van der Waals surface area contributed by atoms with Crippen molar-refractivity contribution >= 4 is 23.6 Å². The quantitative estimate of drug-likeness (QED) is 0.744. The second-order valence-corrected chi connectivity index (χ2v) is 6.93. The number of nitrogens with zero attached hydrogens (tertiary/aromatic N) is 2. The van der Waals surface area contributed by atoms with Crippen molar-refractivity contribution in [3.8, 4) is 6.07 Å². The van der Waals surface area contributed by atoms with Gasteiger partial charge in [0, 0.05) is 5.70 Å². The number of halogens is 1. The summed E-state index contributed by atoms with van der Waals surface area (Å²) in [6.07, 6.45) is 1.95. The van der Waals surface area contributed by atoms with E-state index in [1.54, 1.807) is 29.2 Å². The Labute approximate surface area is 153 Å². The van der Waals surface area contributed by atoms with Gasteiger partial charge in [-0.3, -0.25) is 9.69 Å². The van der Waals surface area contributed by atoms with Gasteiger partial charge in [0.2, 0.25) is 0 Å². The summed E-state index contributed by atoms with van der Waals surface area (Å²) in [7, 11) is 0. The largest absolute Gasteiger partial charge is 0.289 e. The molecule has 3 rings (SSSR count). The lowest BCUT2D eigenvalue weighted by molar-refractivity contribution is 0.0587. The molecule has 0 N–H and O–H groups in total. The lowest BCUT2D eigenvalue weighted by atomic mass is 9.74. The van der Waals surface area contributed by atoms with E-state index in [9.17, 15) is 10.1 Å². The molecule has 1 aliphatic heterocycles. The monoisotopic (exact) mass is 350 g/mol. The van der Waals surface area contributed by atoms with Crippen molar-refractivity contribution in [3.05, 3.63) is 75.9 Å². The number of carbonyl (C=O) groups is 1. The number of allylic oxidation sites excluding steroid dienone is 1. The van der Waals surface area contributed by atoms with E-state index in [0.29, 0.717) is 10.6 Å². The van der Waals surface area contributed by atoms with Crippen LogP contribution in [0, 0.1) is 17.2 Å². The number of carbonyl (C=O) groups excluding carboxylic acids is 1. The Hall–Kier alpha value is -2.57. The lowest BCUT2D eigenvalue weighted by Gasteiger charge is -2.45. The van der Waals surface area contributed by atoms with Gasteiger partial charge in [-0.2, -0.15) is 5.26 Å². The molecule has 1 heterocycles. The van der Waals surface area contributed by atoms with E-state index in [1.807, 2.05) is 51.1 Å².